The number of aromatic nitrogens is 2. The van der Waals surface area contributed by atoms with Crippen LogP contribution >= 0.6 is 7.75 Å². The Morgan fingerprint density at radius 3 is 2.51 bits per heavy atom. The first-order chi connectivity index (χ1) is 24.6. The van der Waals surface area contributed by atoms with Crippen molar-refractivity contribution in [1.29, 1.82) is 0 Å². The number of nitrogens with zero attached hydrogens (tertiary/aromatic N) is 1. The van der Waals surface area contributed by atoms with Crippen LogP contribution < -0.4 is 26.2 Å². The van der Waals surface area contributed by atoms with Crippen LogP contribution in [-0.4, -0.2) is 57.9 Å². The highest BCUT2D eigenvalue weighted by atomic mass is 31.2. The van der Waals surface area contributed by atoms with Crippen LogP contribution in [0.5, 0.6) is 5.75 Å². The lowest BCUT2D eigenvalue weighted by Crippen LogP contribution is -2.36. The van der Waals surface area contributed by atoms with E-state index in [-0.39, 0.29) is 36.8 Å². The molecule has 14 nitrogen and oxygen atoms in total. The quantitative estimate of drug-likeness (QED) is 0.0644. The summed E-state index contributed by atoms with van der Waals surface area (Å²) in [4.78, 5) is 52.2. The first-order valence-electron chi connectivity index (χ1n) is 17.0. The molecule has 1 fully saturated rings. The summed E-state index contributed by atoms with van der Waals surface area (Å²) in [5.74, 6) is 4.75. The van der Waals surface area contributed by atoms with Gasteiger partial charge in [-0.25, -0.2) is 9.36 Å². The Balaban J connectivity index is 1.37. The number of rotatable bonds is 18. The second-order valence-electron chi connectivity index (χ2n) is 12.0. The van der Waals surface area contributed by atoms with Gasteiger partial charge < -0.3 is 24.4 Å². The number of ether oxygens (including phenoxy) is 2. The number of esters is 1. The molecule has 51 heavy (non-hydrogen) atoms. The predicted octanol–water partition coefficient (Wildman–Crippen LogP) is 3.94. The van der Waals surface area contributed by atoms with Crippen molar-refractivity contribution >= 4 is 19.6 Å². The molecule has 15 heteroatoms. The first kappa shape index (κ1) is 39.3. The second-order valence-corrected chi connectivity index (χ2v) is 13.7. The number of benzene rings is 2. The number of carbonyl (C=O) groups excluding carboxylic acids is 2. The maximum absolute atomic E-state index is 13.9. The molecule has 274 valence electrons. The zero-order chi connectivity index (χ0) is 36.6. The number of aromatic amines is 1. The summed E-state index contributed by atoms with van der Waals surface area (Å²) in [5.41, 5.74) is -0.776. The number of H-pyrrole nitrogens is 1. The maximum Gasteiger partial charge on any atom is 0.459 e. The minimum absolute atomic E-state index is 0.00707. The van der Waals surface area contributed by atoms with E-state index in [1.165, 1.54) is 13.1 Å². The third-order valence-corrected chi connectivity index (χ3v) is 9.54. The Morgan fingerprint density at radius 2 is 1.78 bits per heavy atom. The Hall–Kier alpha value is -4.51. The highest BCUT2D eigenvalue weighted by molar-refractivity contribution is 7.52. The largest absolute Gasteiger partial charge is 0.460 e. The summed E-state index contributed by atoms with van der Waals surface area (Å²) in [6.07, 6.45) is 3.41. The average molecular weight is 725 g/mol. The molecule has 1 aromatic heterocycles. The van der Waals surface area contributed by atoms with E-state index in [2.05, 4.69) is 34.2 Å². The number of amides is 1. The van der Waals surface area contributed by atoms with Crippen LogP contribution in [0.25, 0.3) is 0 Å². The molecule has 5 atom stereocenters. The van der Waals surface area contributed by atoms with Gasteiger partial charge in [0.15, 0.2) is 0 Å². The first-order valence-corrected chi connectivity index (χ1v) is 18.5. The van der Waals surface area contributed by atoms with E-state index in [0.717, 1.165) is 42.2 Å². The smallest absolute Gasteiger partial charge is 0.459 e. The molecule has 0 spiro atoms. The van der Waals surface area contributed by atoms with E-state index >= 15 is 0 Å². The Labute approximate surface area is 296 Å². The lowest BCUT2D eigenvalue weighted by atomic mass is 10.1. The van der Waals surface area contributed by atoms with E-state index in [4.69, 9.17) is 18.5 Å². The van der Waals surface area contributed by atoms with Crippen molar-refractivity contribution in [3.05, 3.63) is 98.8 Å². The maximum atomic E-state index is 13.9. The fraction of sp³-hybridized carbons (Fsp3) is 0.444. The highest BCUT2D eigenvalue weighted by Gasteiger charge is 2.39. The summed E-state index contributed by atoms with van der Waals surface area (Å²) >= 11 is 0. The van der Waals surface area contributed by atoms with Gasteiger partial charge in [-0.1, -0.05) is 93.0 Å². The molecule has 4 N–H and O–H groups in total. The third-order valence-electron chi connectivity index (χ3n) is 7.89. The number of aliphatic hydroxyl groups is 1. The van der Waals surface area contributed by atoms with Gasteiger partial charge in [-0.3, -0.25) is 28.5 Å². The van der Waals surface area contributed by atoms with Crippen LogP contribution in [0, 0.1) is 11.8 Å². The molecular formula is C36H45N4O10P. The van der Waals surface area contributed by atoms with Crippen LogP contribution in [-0.2, 0) is 34.8 Å². The van der Waals surface area contributed by atoms with Crippen molar-refractivity contribution in [2.45, 2.75) is 89.9 Å². The topological polar surface area (TPSA) is 187 Å². The minimum atomic E-state index is -4.28. The molecular weight excluding hydrogens is 679 g/mol. The zero-order valence-corrected chi connectivity index (χ0v) is 29.6. The number of hydrogen-bond acceptors (Lipinski definition) is 10. The molecule has 1 aliphatic heterocycles. The van der Waals surface area contributed by atoms with Crippen molar-refractivity contribution < 1.29 is 37.8 Å². The fourth-order valence-electron chi connectivity index (χ4n) is 5.11. The van der Waals surface area contributed by atoms with Gasteiger partial charge in [0.2, 0.25) is 5.91 Å². The van der Waals surface area contributed by atoms with Crippen LogP contribution in [0.15, 0.2) is 76.4 Å². The summed E-state index contributed by atoms with van der Waals surface area (Å²) in [5, 5.41) is 16.1. The van der Waals surface area contributed by atoms with Gasteiger partial charge >= 0.3 is 19.4 Å². The third kappa shape index (κ3) is 12.6. The normalized spacial score (nSPS) is 18.5. The molecule has 1 saturated heterocycles. The Kier molecular flexibility index (Phi) is 15.2. The van der Waals surface area contributed by atoms with Crippen molar-refractivity contribution in [3.8, 4) is 17.6 Å². The summed E-state index contributed by atoms with van der Waals surface area (Å²) in [7, 11) is -4.28. The standard InChI is InChI=1S/C36H45N4O10P/c1-3-4-5-6-13-20-32(42)37-21-14-17-28-23-40(36(45)38-34(28)43)33-22-30(41)31(49-33)25-48-51(46,50-29-18-11-8-12-19-29)39-26(2)35(44)47-24-27-15-9-7-10-16-27/h7-12,15-16,18-19,23,26,30-31,33,41H,3-6,13,20-22,24-25H2,1-2H3,(H,37,42)(H,39,46)(H,38,43,45)/t26-,30+,31-,33-,51?/m0/s1. The molecule has 2 aromatic carbocycles. The number of hydrogen-bond donors (Lipinski definition) is 4. The van der Waals surface area contributed by atoms with Gasteiger partial charge in [0, 0.05) is 19.0 Å². The van der Waals surface area contributed by atoms with Gasteiger partial charge in [0.05, 0.1) is 19.3 Å². The van der Waals surface area contributed by atoms with Gasteiger partial charge in [-0.05, 0) is 31.0 Å². The zero-order valence-electron chi connectivity index (χ0n) is 28.7. The highest BCUT2D eigenvalue weighted by Crippen LogP contribution is 2.46. The summed E-state index contributed by atoms with van der Waals surface area (Å²) in [6.45, 7) is 3.14. The van der Waals surface area contributed by atoms with E-state index < -0.39 is 56.0 Å². The van der Waals surface area contributed by atoms with Gasteiger partial charge in [-0.2, -0.15) is 5.09 Å². The van der Waals surface area contributed by atoms with Crippen LogP contribution in [0.3, 0.4) is 0 Å². The number of unbranched alkanes of at least 4 members (excludes halogenated alkanes) is 4. The average Bonchev–Trinajstić information content (AvgIpc) is 3.49. The monoisotopic (exact) mass is 724 g/mol. The van der Waals surface area contributed by atoms with Crippen LogP contribution in [0.1, 0.15) is 76.1 Å². The van der Waals surface area contributed by atoms with Crippen molar-refractivity contribution in [2.75, 3.05) is 13.2 Å². The van der Waals surface area contributed by atoms with Crippen molar-refractivity contribution in [1.82, 2.24) is 20.0 Å². The molecule has 1 amide bonds. The molecule has 0 aliphatic carbocycles. The Bertz CT molecular complexity index is 1810. The van der Waals surface area contributed by atoms with Gasteiger partial charge in [-0.15, -0.1) is 0 Å². The number of aliphatic hydroxyl groups excluding tert-OH is 1. The molecule has 2 heterocycles. The van der Waals surface area contributed by atoms with Crippen molar-refractivity contribution in [2.24, 2.45) is 0 Å². The number of carbonyl (C=O) groups is 2. The molecule has 1 unspecified atom stereocenters. The molecule has 4 rings (SSSR count). The van der Waals surface area contributed by atoms with Crippen LogP contribution in [0.2, 0.25) is 0 Å². The molecule has 0 saturated carbocycles. The number of para-hydroxylation sites is 1. The lowest BCUT2D eigenvalue weighted by Gasteiger charge is -2.24. The number of nitrogens with one attached hydrogen (secondary N) is 3. The molecule has 0 radical (unpaired) electrons. The van der Waals surface area contributed by atoms with Crippen molar-refractivity contribution in [3.63, 3.8) is 0 Å². The second kappa shape index (κ2) is 19.8. The van der Waals surface area contributed by atoms with Crippen LogP contribution in [0.4, 0.5) is 0 Å². The SMILES string of the molecule is CCCCCCCC(=O)NCC#Cc1cn([C@@H]2C[C@@H](O)[C@H](COP(=O)(N[C@@H](C)C(=O)OCc3ccccc3)Oc3ccccc3)O2)c(=O)[nH]c1=O. The van der Waals surface area contributed by atoms with E-state index in [0.29, 0.717) is 6.42 Å². The van der Waals surface area contributed by atoms with Gasteiger partial charge in [0.1, 0.15) is 36.3 Å². The Morgan fingerprint density at radius 1 is 1.08 bits per heavy atom. The minimum Gasteiger partial charge on any atom is -0.460 e. The molecule has 1 aliphatic rings. The summed E-state index contributed by atoms with van der Waals surface area (Å²) < 4.78 is 37.7. The summed E-state index contributed by atoms with van der Waals surface area (Å²) in [6, 6.07) is 16.1. The molecule has 0 bridgehead atoms. The fourth-order valence-corrected chi connectivity index (χ4v) is 6.61. The van der Waals surface area contributed by atoms with E-state index in [9.17, 15) is 28.8 Å². The van der Waals surface area contributed by atoms with Gasteiger partial charge in [0.25, 0.3) is 5.56 Å². The lowest BCUT2D eigenvalue weighted by molar-refractivity contribution is -0.146. The molecule has 3 aromatic rings. The van der Waals surface area contributed by atoms with E-state index in [1.807, 2.05) is 18.2 Å². The van der Waals surface area contributed by atoms with E-state index in [1.54, 1.807) is 42.5 Å². The predicted molar refractivity (Wildman–Crippen MR) is 189 cm³/mol.